The summed E-state index contributed by atoms with van der Waals surface area (Å²) in [6.45, 7) is 2.34. The van der Waals surface area contributed by atoms with Gasteiger partial charge >= 0.3 is 0 Å². The molecule has 0 spiro atoms. The van der Waals surface area contributed by atoms with E-state index in [-0.39, 0.29) is 5.91 Å². The minimum atomic E-state index is -0.344. The highest BCUT2D eigenvalue weighted by atomic mass is 79.9. The first-order valence-corrected chi connectivity index (χ1v) is 7.78. The lowest BCUT2D eigenvalue weighted by Crippen LogP contribution is -2.18. The topological polar surface area (TPSA) is 50.7 Å². The molecule has 0 aliphatic rings. The van der Waals surface area contributed by atoms with Gasteiger partial charge in [-0.3, -0.25) is 4.79 Å². The van der Waals surface area contributed by atoms with E-state index in [4.69, 9.17) is 16.3 Å². The Labute approximate surface area is 142 Å². The van der Waals surface area contributed by atoms with Crippen molar-refractivity contribution in [3.05, 3.63) is 63.1 Å². The standard InChI is InChI=1S/C16H14BrClN2O2/c1-2-22-15-7-6-12(17)9-14(15)16(21)20-19-10-11-4-3-5-13(18)8-11/h3-10H,2H2,1H3,(H,20,21)/b19-10-. The third-order valence-electron chi connectivity index (χ3n) is 2.71. The molecule has 1 N–H and O–H groups in total. The van der Waals surface area contributed by atoms with Gasteiger partial charge in [0.15, 0.2) is 0 Å². The molecule has 0 atom stereocenters. The van der Waals surface area contributed by atoms with Gasteiger partial charge in [-0.1, -0.05) is 39.7 Å². The SMILES string of the molecule is CCOc1ccc(Br)cc1C(=O)N/N=C\c1cccc(Cl)c1. The van der Waals surface area contributed by atoms with Gasteiger partial charge in [0.1, 0.15) is 5.75 Å². The second-order valence-electron chi connectivity index (χ2n) is 4.33. The first-order chi connectivity index (χ1) is 10.6. The van der Waals surface area contributed by atoms with Gasteiger partial charge in [-0.25, -0.2) is 5.43 Å². The van der Waals surface area contributed by atoms with Gasteiger partial charge in [-0.15, -0.1) is 0 Å². The van der Waals surface area contributed by atoms with Crippen LogP contribution in [0.1, 0.15) is 22.8 Å². The number of rotatable bonds is 5. The van der Waals surface area contributed by atoms with Crippen LogP contribution in [0.4, 0.5) is 0 Å². The highest BCUT2D eigenvalue weighted by molar-refractivity contribution is 9.10. The minimum Gasteiger partial charge on any atom is -0.493 e. The van der Waals surface area contributed by atoms with Crippen LogP contribution in [-0.4, -0.2) is 18.7 Å². The predicted octanol–water partition coefficient (Wildman–Crippen LogP) is 4.27. The van der Waals surface area contributed by atoms with Crippen molar-refractivity contribution >= 4 is 39.7 Å². The second kappa shape index (κ2) is 7.96. The largest absolute Gasteiger partial charge is 0.493 e. The lowest BCUT2D eigenvalue weighted by Gasteiger charge is -2.09. The first-order valence-electron chi connectivity index (χ1n) is 6.61. The number of nitrogens with zero attached hydrogens (tertiary/aromatic N) is 1. The Morgan fingerprint density at radius 1 is 1.36 bits per heavy atom. The Bertz CT molecular complexity index is 704. The average Bonchev–Trinajstić information content (AvgIpc) is 2.49. The quantitative estimate of drug-likeness (QED) is 0.621. The number of carbonyl (C=O) groups is 1. The van der Waals surface area contributed by atoms with Crippen molar-refractivity contribution in [2.75, 3.05) is 6.61 Å². The van der Waals surface area contributed by atoms with Gasteiger partial charge in [0, 0.05) is 9.50 Å². The summed E-state index contributed by atoms with van der Waals surface area (Å²) in [7, 11) is 0. The van der Waals surface area contributed by atoms with Crippen molar-refractivity contribution in [2.24, 2.45) is 5.10 Å². The van der Waals surface area contributed by atoms with E-state index >= 15 is 0 Å². The van der Waals surface area contributed by atoms with Crippen LogP contribution < -0.4 is 10.2 Å². The molecule has 0 bridgehead atoms. The third-order valence-corrected chi connectivity index (χ3v) is 3.44. The van der Waals surface area contributed by atoms with Gasteiger partial charge in [-0.2, -0.15) is 5.10 Å². The Balaban J connectivity index is 2.10. The number of benzene rings is 2. The molecule has 6 heteroatoms. The van der Waals surface area contributed by atoms with E-state index in [1.54, 1.807) is 24.3 Å². The maximum atomic E-state index is 12.2. The summed E-state index contributed by atoms with van der Waals surface area (Å²) in [5.74, 6) is 0.171. The van der Waals surface area contributed by atoms with Gasteiger partial charge in [0.25, 0.3) is 5.91 Å². The second-order valence-corrected chi connectivity index (χ2v) is 5.68. The number of amides is 1. The molecular formula is C16H14BrClN2O2. The van der Waals surface area contributed by atoms with Crippen molar-refractivity contribution in [3.63, 3.8) is 0 Å². The summed E-state index contributed by atoms with van der Waals surface area (Å²) < 4.78 is 6.23. The molecule has 0 aliphatic carbocycles. The van der Waals surface area contributed by atoms with E-state index in [0.29, 0.717) is 22.9 Å². The van der Waals surface area contributed by atoms with Crippen molar-refractivity contribution in [3.8, 4) is 5.75 Å². The van der Waals surface area contributed by atoms with Gasteiger partial charge in [0.2, 0.25) is 0 Å². The molecule has 114 valence electrons. The fourth-order valence-corrected chi connectivity index (χ4v) is 2.33. The summed E-state index contributed by atoms with van der Waals surface area (Å²) in [6.07, 6.45) is 1.53. The summed E-state index contributed by atoms with van der Waals surface area (Å²) in [5.41, 5.74) is 3.69. The lowest BCUT2D eigenvalue weighted by atomic mass is 10.2. The van der Waals surface area contributed by atoms with Crippen LogP contribution in [0, 0.1) is 0 Å². The smallest absolute Gasteiger partial charge is 0.275 e. The van der Waals surface area contributed by atoms with E-state index in [2.05, 4.69) is 26.5 Å². The summed E-state index contributed by atoms with van der Waals surface area (Å²) >= 11 is 9.22. The molecule has 2 aromatic rings. The molecular weight excluding hydrogens is 368 g/mol. The zero-order chi connectivity index (χ0) is 15.9. The van der Waals surface area contributed by atoms with Crippen molar-refractivity contribution in [2.45, 2.75) is 6.92 Å². The number of nitrogens with one attached hydrogen (secondary N) is 1. The molecule has 0 aliphatic heterocycles. The van der Waals surface area contributed by atoms with Crippen LogP contribution in [0.15, 0.2) is 52.0 Å². The maximum Gasteiger partial charge on any atom is 0.275 e. The molecule has 0 fully saturated rings. The minimum absolute atomic E-state index is 0.344. The van der Waals surface area contributed by atoms with Crippen molar-refractivity contribution in [1.29, 1.82) is 0 Å². The normalized spacial score (nSPS) is 10.7. The summed E-state index contributed by atoms with van der Waals surface area (Å²) in [6, 6.07) is 12.4. The Kier molecular flexibility index (Phi) is 5.98. The average molecular weight is 382 g/mol. The van der Waals surface area contributed by atoms with Crippen LogP contribution in [0.5, 0.6) is 5.75 Å². The lowest BCUT2D eigenvalue weighted by molar-refractivity contribution is 0.0951. The van der Waals surface area contributed by atoms with Crippen molar-refractivity contribution in [1.82, 2.24) is 5.43 Å². The van der Waals surface area contributed by atoms with Crippen LogP contribution >= 0.6 is 27.5 Å². The van der Waals surface area contributed by atoms with Gasteiger partial charge in [-0.05, 0) is 42.8 Å². The van der Waals surface area contributed by atoms with Gasteiger partial charge in [0.05, 0.1) is 18.4 Å². The molecule has 22 heavy (non-hydrogen) atoms. The van der Waals surface area contributed by atoms with E-state index in [1.807, 2.05) is 25.1 Å². The molecule has 0 radical (unpaired) electrons. The number of halogens is 2. The number of hydrogen-bond acceptors (Lipinski definition) is 3. The number of hydrazone groups is 1. The third kappa shape index (κ3) is 4.58. The number of hydrogen-bond donors (Lipinski definition) is 1. The van der Waals surface area contributed by atoms with Crippen molar-refractivity contribution < 1.29 is 9.53 Å². The summed E-state index contributed by atoms with van der Waals surface area (Å²) in [5, 5.41) is 4.55. The first kappa shape index (κ1) is 16.5. The van der Waals surface area contributed by atoms with Crippen LogP contribution in [0.2, 0.25) is 5.02 Å². The summed E-state index contributed by atoms with van der Waals surface area (Å²) in [4.78, 5) is 12.2. The van der Waals surface area contributed by atoms with E-state index < -0.39 is 0 Å². The maximum absolute atomic E-state index is 12.2. The van der Waals surface area contributed by atoms with E-state index in [0.717, 1.165) is 10.0 Å². The number of carbonyl (C=O) groups excluding carboxylic acids is 1. The Morgan fingerprint density at radius 2 is 2.18 bits per heavy atom. The van der Waals surface area contributed by atoms with E-state index in [1.165, 1.54) is 6.21 Å². The van der Waals surface area contributed by atoms with E-state index in [9.17, 15) is 4.79 Å². The molecule has 0 unspecified atom stereocenters. The molecule has 1 amide bonds. The number of ether oxygens (including phenoxy) is 1. The fourth-order valence-electron chi connectivity index (χ4n) is 1.77. The zero-order valence-electron chi connectivity index (χ0n) is 11.8. The molecule has 0 saturated carbocycles. The molecule has 0 aromatic heterocycles. The molecule has 0 heterocycles. The highest BCUT2D eigenvalue weighted by Gasteiger charge is 2.12. The van der Waals surface area contributed by atoms with Crippen LogP contribution in [0.3, 0.4) is 0 Å². The monoisotopic (exact) mass is 380 g/mol. The molecule has 0 saturated heterocycles. The molecule has 4 nitrogen and oxygen atoms in total. The molecule has 2 aromatic carbocycles. The predicted molar refractivity (Wildman–Crippen MR) is 91.8 cm³/mol. The zero-order valence-corrected chi connectivity index (χ0v) is 14.2. The molecule has 2 rings (SSSR count). The Morgan fingerprint density at radius 3 is 2.91 bits per heavy atom. The fraction of sp³-hybridized carbons (Fsp3) is 0.125. The highest BCUT2D eigenvalue weighted by Crippen LogP contribution is 2.23. The van der Waals surface area contributed by atoms with Crippen LogP contribution in [0.25, 0.3) is 0 Å². The van der Waals surface area contributed by atoms with Gasteiger partial charge < -0.3 is 4.74 Å². The van der Waals surface area contributed by atoms with Crippen LogP contribution in [-0.2, 0) is 0 Å². The Hall–Kier alpha value is -1.85.